The molecule has 1 aromatic heterocycles. The SMILES string of the molecule is OC(Cc1ccccc1)(Cn1[nH]cnc1=S)c1ccccc1. The minimum absolute atomic E-state index is 0.324. The number of hydrogen-bond acceptors (Lipinski definition) is 3. The number of hydrogen-bond donors (Lipinski definition) is 2. The molecule has 0 aliphatic heterocycles. The lowest BCUT2D eigenvalue weighted by Gasteiger charge is -2.29. The first-order chi connectivity index (χ1) is 10.7. The maximum atomic E-state index is 11.3. The van der Waals surface area contributed by atoms with Crippen LogP contribution in [0.25, 0.3) is 0 Å². The first-order valence-electron chi connectivity index (χ1n) is 7.09. The van der Waals surface area contributed by atoms with E-state index in [1.165, 1.54) is 6.33 Å². The van der Waals surface area contributed by atoms with Gasteiger partial charge in [-0.25, -0.2) is 4.98 Å². The summed E-state index contributed by atoms with van der Waals surface area (Å²) in [7, 11) is 0. The minimum Gasteiger partial charge on any atom is -0.383 e. The fourth-order valence-corrected chi connectivity index (χ4v) is 2.75. The van der Waals surface area contributed by atoms with E-state index in [1.54, 1.807) is 4.68 Å². The highest BCUT2D eigenvalue weighted by atomic mass is 32.1. The van der Waals surface area contributed by atoms with Gasteiger partial charge < -0.3 is 5.11 Å². The molecule has 0 saturated heterocycles. The molecule has 1 atom stereocenters. The zero-order chi connectivity index (χ0) is 15.4. The lowest BCUT2D eigenvalue weighted by atomic mass is 9.87. The highest BCUT2D eigenvalue weighted by molar-refractivity contribution is 7.71. The number of aromatic amines is 1. The molecule has 0 aliphatic rings. The third-order valence-electron chi connectivity index (χ3n) is 3.69. The first kappa shape index (κ1) is 14.7. The Morgan fingerprint density at radius 3 is 2.27 bits per heavy atom. The molecule has 0 amide bonds. The maximum Gasteiger partial charge on any atom is 0.215 e. The van der Waals surface area contributed by atoms with Crippen molar-refractivity contribution in [2.24, 2.45) is 0 Å². The normalized spacial score (nSPS) is 13.7. The highest BCUT2D eigenvalue weighted by Gasteiger charge is 2.30. The number of benzene rings is 2. The Kier molecular flexibility index (Phi) is 4.18. The van der Waals surface area contributed by atoms with Crippen LogP contribution in [0.5, 0.6) is 0 Å². The Bertz CT molecular complexity index is 782. The smallest absolute Gasteiger partial charge is 0.215 e. The van der Waals surface area contributed by atoms with Crippen molar-refractivity contribution >= 4 is 12.2 Å². The van der Waals surface area contributed by atoms with Crippen LogP contribution in [0.3, 0.4) is 0 Å². The molecule has 2 aromatic carbocycles. The van der Waals surface area contributed by atoms with E-state index in [4.69, 9.17) is 12.2 Å². The molecule has 0 radical (unpaired) electrons. The van der Waals surface area contributed by atoms with Crippen LogP contribution in [-0.4, -0.2) is 19.9 Å². The van der Waals surface area contributed by atoms with E-state index in [1.807, 2.05) is 60.7 Å². The van der Waals surface area contributed by atoms with E-state index in [2.05, 4.69) is 10.1 Å². The summed E-state index contributed by atoms with van der Waals surface area (Å²) in [6.07, 6.45) is 2.04. The average Bonchev–Trinajstić information content (AvgIpc) is 2.94. The summed E-state index contributed by atoms with van der Waals surface area (Å²) in [6.45, 7) is 0.324. The molecule has 5 heteroatoms. The van der Waals surface area contributed by atoms with Crippen LogP contribution < -0.4 is 0 Å². The molecule has 0 saturated carbocycles. The third kappa shape index (κ3) is 3.16. The molecule has 1 heterocycles. The predicted molar refractivity (Wildman–Crippen MR) is 87.9 cm³/mol. The van der Waals surface area contributed by atoms with Crippen molar-refractivity contribution in [2.45, 2.75) is 18.6 Å². The van der Waals surface area contributed by atoms with Gasteiger partial charge in [0.1, 0.15) is 11.9 Å². The van der Waals surface area contributed by atoms with Crippen molar-refractivity contribution in [2.75, 3.05) is 0 Å². The Balaban J connectivity index is 1.98. The van der Waals surface area contributed by atoms with Gasteiger partial charge in [0.2, 0.25) is 4.77 Å². The van der Waals surface area contributed by atoms with Gasteiger partial charge in [0, 0.05) is 6.42 Å². The number of nitrogens with zero attached hydrogens (tertiary/aromatic N) is 2. The lowest BCUT2D eigenvalue weighted by Crippen LogP contribution is -2.34. The largest absolute Gasteiger partial charge is 0.383 e. The van der Waals surface area contributed by atoms with Gasteiger partial charge >= 0.3 is 0 Å². The summed E-state index contributed by atoms with van der Waals surface area (Å²) in [5.41, 5.74) is 0.864. The Morgan fingerprint density at radius 2 is 1.68 bits per heavy atom. The van der Waals surface area contributed by atoms with Gasteiger partial charge in [-0.15, -0.1) is 0 Å². The highest BCUT2D eigenvalue weighted by Crippen LogP contribution is 2.27. The van der Waals surface area contributed by atoms with Crippen LogP contribution >= 0.6 is 12.2 Å². The first-order valence-corrected chi connectivity index (χ1v) is 7.50. The molecule has 0 aliphatic carbocycles. The Labute approximate surface area is 134 Å². The Hall–Kier alpha value is -2.24. The second-order valence-corrected chi connectivity index (χ2v) is 5.68. The monoisotopic (exact) mass is 311 g/mol. The van der Waals surface area contributed by atoms with Gasteiger partial charge in [-0.1, -0.05) is 60.7 Å². The topological polar surface area (TPSA) is 53.8 Å². The van der Waals surface area contributed by atoms with Gasteiger partial charge in [-0.2, -0.15) is 0 Å². The van der Waals surface area contributed by atoms with Gasteiger partial charge in [0.25, 0.3) is 0 Å². The molecule has 3 rings (SSSR count). The molecule has 22 heavy (non-hydrogen) atoms. The van der Waals surface area contributed by atoms with E-state index >= 15 is 0 Å². The fourth-order valence-electron chi connectivity index (χ4n) is 2.58. The zero-order valence-electron chi connectivity index (χ0n) is 12.0. The molecule has 4 nitrogen and oxygen atoms in total. The lowest BCUT2D eigenvalue weighted by molar-refractivity contribution is 0.0147. The molecule has 0 bridgehead atoms. The molecule has 0 spiro atoms. The summed E-state index contributed by atoms with van der Waals surface area (Å²) in [4.78, 5) is 4.01. The zero-order valence-corrected chi connectivity index (χ0v) is 12.8. The van der Waals surface area contributed by atoms with Gasteiger partial charge in [-0.3, -0.25) is 9.78 Å². The van der Waals surface area contributed by atoms with Gasteiger partial charge in [0.05, 0.1) is 6.54 Å². The summed E-state index contributed by atoms with van der Waals surface area (Å²) in [5, 5.41) is 14.3. The van der Waals surface area contributed by atoms with Crippen LogP contribution in [0.4, 0.5) is 0 Å². The van der Waals surface area contributed by atoms with Crippen molar-refractivity contribution < 1.29 is 5.11 Å². The predicted octanol–water partition coefficient (Wildman–Crippen LogP) is 3.07. The number of H-pyrrole nitrogens is 1. The summed E-state index contributed by atoms with van der Waals surface area (Å²) >= 11 is 5.18. The number of rotatable bonds is 5. The van der Waals surface area contributed by atoms with Crippen LogP contribution in [0.1, 0.15) is 11.1 Å². The van der Waals surface area contributed by atoms with Gasteiger partial charge in [-0.05, 0) is 23.3 Å². The molecule has 3 aromatic rings. The molecule has 112 valence electrons. The van der Waals surface area contributed by atoms with Crippen molar-refractivity contribution in [1.29, 1.82) is 0 Å². The van der Waals surface area contributed by atoms with E-state index in [0.717, 1.165) is 11.1 Å². The van der Waals surface area contributed by atoms with E-state index in [0.29, 0.717) is 17.7 Å². The second kappa shape index (κ2) is 6.25. The summed E-state index contributed by atoms with van der Waals surface area (Å²) in [5.74, 6) is 0. The molecular weight excluding hydrogens is 294 g/mol. The van der Waals surface area contributed by atoms with Crippen molar-refractivity contribution in [1.82, 2.24) is 14.8 Å². The van der Waals surface area contributed by atoms with E-state index < -0.39 is 5.60 Å². The standard InChI is InChI=1S/C17H17N3OS/c21-17(15-9-5-2-6-10-15,11-14-7-3-1-4-8-14)12-20-16(22)18-13-19-20/h1-10,13,21H,11-12H2,(H,18,19,22). The number of aliphatic hydroxyl groups is 1. The van der Waals surface area contributed by atoms with Crippen LogP contribution in [0.15, 0.2) is 67.0 Å². The summed E-state index contributed by atoms with van der Waals surface area (Å²) < 4.78 is 2.12. The molecule has 1 unspecified atom stereocenters. The molecule has 0 fully saturated rings. The molecule has 2 N–H and O–H groups in total. The summed E-state index contributed by atoms with van der Waals surface area (Å²) in [6, 6.07) is 19.6. The number of nitrogens with one attached hydrogen (secondary N) is 1. The van der Waals surface area contributed by atoms with Crippen LogP contribution in [-0.2, 0) is 18.6 Å². The van der Waals surface area contributed by atoms with Crippen molar-refractivity contribution in [3.05, 3.63) is 82.9 Å². The average molecular weight is 311 g/mol. The maximum absolute atomic E-state index is 11.3. The van der Waals surface area contributed by atoms with E-state index in [-0.39, 0.29) is 0 Å². The van der Waals surface area contributed by atoms with Crippen molar-refractivity contribution in [3.63, 3.8) is 0 Å². The van der Waals surface area contributed by atoms with Crippen LogP contribution in [0, 0.1) is 4.77 Å². The second-order valence-electron chi connectivity index (χ2n) is 5.32. The minimum atomic E-state index is -1.06. The van der Waals surface area contributed by atoms with E-state index in [9.17, 15) is 5.11 Å². The molecular formula is C17H17N3OS. The third-order valence-corrected chi connectivity index (χ3v) is 4.02. The quantitative estimate of drug-likeness (QED) is 0.712. The van der Waals surface area contributed by atoms with Crippen molar-refractivity contribution in [3.8, 4) is 0 Å². The number of aromatic nitrogens is 3. The Morgan fingerprint density at radius 1 is 1.05 bits per heavy atom. The van der Waals surface area contributed by atoms with Crippen LogP contribution in [0.2, 0.25) is 0 Å². The van der Waals surface area contributed by atoms with Gasteiger partial charge in [0.15, 0.2) is 0 Å². The fraction of sp³-hybridized carbons (Fsp3) is 0.176.